The van der Waals surface area contributed by atoms with Crippen molar-refractivity contribution in [2.24, 2.45) is 5.92 Å². The Kier molecular flexibility index (Phi) is 5.59. The molecule has 0 aliphatic heterocycles. The number of carbonyl (C=O) groups excluding carboxylic acids is 2. The third kappa shape index (κ3) is 4.39. The van der Waals surface area contributed by atoms with Crippen molar-refractivity contribution in [2.75, 3.05) is 10.6 Å². The van der Waals surface area contributed by atoms with Gasteiger partial charge in [0.15, 0.2) is 0 Å². The minimum Gasteiger partial charge on any atom is -0.326 e. The molecule has 154 valence electrons. The van der Waals surface area contributed by atoms with Gasteiger partial charge in [-0.25, -0.2) is 4.68 Å². The second-order valence-corrected chi connectivity index (χ2v) is 8.22. The fraction of sp³-hybridized carbons (Fsp3) is 0.261. The molecule has 4 rings (SSSR count). The number of halogens is 1. The lowest BCUT2D eigenvalue weighted by atomic mass is 10.0. The minimum absolute atomic E-state index is 0.0309. The van der Waals surface area contributed by atoms with Crippen LogP contribution in [0.3, 0.4) is 0 Å². The van der Waals surface area contributed by atoms with Crippen LogP contribution in [0.5, 0.6) is 0 Å². The van der Waals surface area contributed by atoms with Crippen molar-refractivity contribution in [3.63, 3.8) is 0 Å². The van der Waals surface area contributed by atoms with Crippen LogP contribution in [-0.4, -0.2) is 21.6 Å². The van der Waals surface area contributed by atoms with Gasteiger partial charge >= 0.3 is 0 Å². The average Bonchev–Trinajstić information content (AvgIpc) is 3.46. The van der Waals surface area contributed by atoms with Gasteiger partial charge in [0.25, 0.3) is 5.91 Å². The van der Waals surface area contributed by atoms with E-state index in [1.807, 2.05) is 38.1 Å². The molecule has 6 nitrogen and oxygen atoms in total. The molecule has 2 N–H and O–H groups in total. The summed E-state index contributed by atoms with van der Waals surface area (Å²) < 4.78 is 1.75. The lowest BCUT2D eigenvalue weighted by Gasteiger charge is -2.13. The quantitative estimate of drug-likeness (QED) is 0.569. The number of hydrogen-bond acceptors (Lipinski definition) is 3. The van der Waals surface area contributed by atoms with Crippen molar-refractivity contribution >= 4 is 34.8 Å². The highest BCUT2D eigenvalue weighted by Crippen LogP contribution is 2.30. The number of hydrogen-bond donors (Lipinski definition) is 2. The molecule has 7 heteroatoms. The smallest absolute Gasteiger partial charge is 0.259 e. The summed E-state index contributed by atoms with van der Waals surface area (Å²) in [5.41, 5.74) is 3.38. The van der Waals surface area contributed by atoms with E-state index < -0.39 is 0 Å². The van der Waals surface area contributed by atoms with E-state index in [0.29, 0.717) is 22.0 Å². The van der Waals surface area contributed by atoms with E-state index in [-0.39, 0.29) is 23.7 Å². The molecule has 0 radical (unpaired) electrons. The zero-order valence-corrected chi connectivity index (χ0v) is 17.6. The van der Waals surface area contributed by atoms with E-state index in [0.717, 1.165) is 24.2 Å². The molecule has 1 aliphatic carbocycles. The topological polar surface area (TPSA) is 76.0 Å². The Morgan fingerprint density at radius 3 is 2.43 bits per heavy atom. The van der Waals surface area contributed by atoms with E-state index >= 15 is 0 Å². The van der Waals surface area contributed by atoms with Gasteiger partial charge in [-0.15, -0.1) is 0 Å². The summed E-state index contributed by atoms with van der Waals surface area (Å²) in [7, 11) is 0. The fourth-order valence-corrected chi connectivity index (χ4v) is 3.55. The summed E-state index contributed by atoms with van der Waals surface area (Å²) >= 11 is 6.13. The first-order chi connectivity index (χ1) is 14.4. The van der Waals surface area contributed by atoms with Gasteiger partial charge in [0, 0.05) is 22.3 Å². The molecule has 0 unspecified atom stereocenters. The van der Waals surface area contributed by atoms with Crippen LogP contribution in [0.2, 0.25) is 5.02 Å². The summed E-state index contributed by atoms with van der Waals surface area (Å²) in [6, 6.07) is 14.5. The van der Waals surface area contributed by atoms with Crippen LogP contribution in [0, 0.1) is 5.92 Å². The zero-order chi connectivity index (χ0) is 21.3. The molecular formula is C23H23ClN4O2. The number of aromatic nitrogens is 2. The van der Waals surface area contributed by atoms with Crippen LogP contribution >= 0.6 is 11.6 Å². The van der Waals surface area contributed by atoms with Crippen molar-refractivity contribution in [2.45, 2.75) is 32.6 Å². The predicted molar refractivity (Wildman–Crippen MR) is 118 cm³/mol. The minimum atomic E-state index is -0.252. The molecule has 2 amide bonds. The van der Waals surface area contributed by atoms with Crippen molar-refractivity contribution in [1.29, 1.82) is 0 Å². The highest BCUT2D eigenvalue weighted by Gasteiger charge is 2.29. The molecule has 1 saturated carbocycles. The molecule has 0 atom stereocenters. The van der Waals surface area contributed by atoms with Crippen LogP contribution < -0.4 is 10.6 Å². The number of nitrogens with zero attached hydrogens (tertiary/aromatic N) is 2. The SMILES string of the molecule is CC(C)c1c(C(=O)Nc2cccc(NC(=O)C3CC3)c2)cnn1-c1cccc(Cl)c1. The van der Waals surface area contributed by atoms with Gasteiger partial charge in [-0.2, -0.15) is 5.10 Å². The molecule has 30 heavy (non-hydrogen) atoms. The normalized spacial score (nSPS) is 13.3. The van der Waals surface area contributed by atoms with Gasteiger partial charge in [0.05, 0.1) is 23.1 Å². The van der Waals surface area contributed by atoms with Gasteiger partial charge < -0.3 is 10.6 Å². The Bertz CT molecular complexity index is 1100. The zero-order valence-electron chi connectivity index (χ0n) is 16.9. The van der Waals surface area contributed by atoms with Gasteiger partial charge in [0.2, 0.25) is 5.91 Å². The van der Waals surface area contributed by atoms with Crippen molar-refractivity contribution in [3.05, 3.63) is 71.0 Å². The molecule has 1 fully saturated rings. The number of amides is 2. The van der Waals surface area contributed by atoms with E-state index in [1.165, 1.54) is 0 Å². The van der Waals surface area contributed by atoms with Gasteiger partial charge in [-0.1, -0.05) is 37.6 Å². The molecule has 1 aromatic heterocycles. The maximum atomic E-state index is 13.0. The molecule has 3 aromatic rings. The predicted octanol–water partition coefficient (Wildman–Crippen LogP) is 5.25. The third-order valence-corrected chi connectivity index (χ3v) is 5.22. The molecule has 0 saturated heterocycles. The monoisotopic (exact) mass is 422 g/mol. The van der Waals surface area contributed by atoms with Gasteiger partial charge in [-0.05, 0) is 55.2 Å². The third-order valence-electron chi connectivity index (χ3n) is 4.99. The van der Waals surface area contributed by atoms with Gasteiger partial charge in [0.1, 0.15) is 0 Å². The van der Waals surface area contributed by atoms with Crippen LogP contribution in [0.25, 0.3) is 5.69 Å². The Hall–Kier alpha value is -3.12. The van der Waals surface area contributed by atoms with Crippen molar-refractivity contribution in [3.8, 4) is 5.69 Å². The average molecular weight is 423 g/mol. The Morgan fingerprint density at radius 2 is 1.77 bits per heavy atom. The molecule has 1 aliphatic rings. The first kappa shape index (κ1) is 20.2. The Morgan fingerprint density at radius 1 is 1.07 bits per heavy atom. The number of carbonyl (C=O) groups is 2. The number of benzene rings is 2. The second kappa shape index (κ2) is 8.32. The highest BCUT2D eigenvalue weighted by molar-refractivity contribution is 6.30. The van der Waals surface area contributed by atoms with Crippen LogP contribution in [0.4, 0.5) is 11.4 Å². The molecule has 2 aromatic carbocycles. The van der Waals surface area contributed by atoms with Crippen LogP contribution in [-0.2, 0) is 4.79 Å². The van der Waals surface area contributed by atoms with Crippen LogP contribution in [0.1, 0.15) is 48.7 Å². The number of anilines is 2. The first-order valence-electron chi connectivity index (χ1n) is 9.98. The van der Waals surface area contributed by atoms with E-state index in [1.54, 1.807) is 35.1 Å². The maximum absolute atomic E-state index is 13.0. The van der Waals surface area contributed by atoms with E-state index in [9.17, 15) is 9.59 Å². The lowest BCUT2D eigenvalue weighted by molar-refractivity contribution is -0.117. The lowest BCUT2D eigenvalue weighted by Crippen LogP contribution is -2.16. The molecule has 0 spiro atoms. The summed E-state index contributed by atoms with van der Waals surface area (Å²) in [5.74, 6) is -0.0356. The van der Waals surface area contributed by atoms with E-state index in [2.05, 4.69) is 15.7 Å². The maximum Gasteiger partial charge on any atom is 0.259 e. The largest absolute Gasteiger partial charge is 0.326 e. The molecular weight excluding hydrogens is 400 g/mol. The Labute approximate surface area is 180 Å². The summed E-state index contributed by atoms with van der Waals surface area (Å²) in [6.45, 7) is 4.03. The fourth-order valence-electron chi connectivity index (χ4n) is 3.37. The number of rotatable bonds is 6. The standard InChI is InChI=1S/C23H23ClN4O2/c1-14(2)21-20(13-25-28(21)19-8-3-5-16(24)11-19)23(30)27-18-7-4-6-17(12-18)26-22(29)15-9-10-15/h3-8,11-15H,9-10H2,1-2H3,(H,26,29)(H,27,30). The first-order valence-corrected chi connectivity index (χ1v) is 10.4. The summed E-state index contributed by atoms with van der Waals surface area (Å²) in [4.78, 5) is 25.0. The number of nitrogens with one attached hydrogen (secondary N) is 2. The second-order valence-electron chi connectivity index (χ2n) is 7.79. The van der Waals surface area contributed by atoms with Crippen LogP contribution in [0.15, 0.2) is 54.7 Å². The van der Waals surface area contributed by atoms with E-state index in [4.69, 9.17) is 11.6 Å². The highest BCUT2D eigenvalue weighted by atomic mass is 35.5. The molecule has 1 heterocycles. The van der Waals surface area contributed by atoms with Crippen molar-refractivity contribution < 1.29 is 9.59 Å². The summed E-state index contributed by atoms with van der Waals surface area (Å²) in [6.07, 6.45) is 3.46. The summed E-state index contributed by atoms with van der Waals surface area (Å²) in [5, 5.41) is 10.9. The van der Waals surface area contributed by atoms with Gasteiger partial charge in [-0.3, -0.25) is 9.59 Å². The van der Waals surface area contributed by atoms with Crippen molar-refractivity contribution in [1.82, 2.24) is 9.78 Å². The Balaban J connectivity index is 1.57. The molecule has 0 bridgehead atoms.